The molecule has 0 saturated carbocycles. The van der Waals surface area contributed by atoms with E-state index in [1.807, 2.05) is 19.0 Å². The fourth-order valence-electron chi connectivity index (χ4n) is 1.15. The third-order valence-electron chi connectivity index (χ3n) is 2.81. The second-order valence-electron chi connectivity index (χ2n) is 5.48. The average Bonchev–Trinajstić information content (AvgIpc) is 2.60. The maximum atomic E-state index is 4.55. The van der Waals surface area contributed by atoms with Crippen LogP contribution in [0.2, 0.25) is 0 Å². The van der Waals surface area contributed by atoms with Gasteiger partial charge in [-0.15, -0.1) is 11.3 Å². The Morgan fingerprint density at radius 2 is 2.06 bits per heavy atom. The van der Waals surface area contributed by atoms with Gasteiger partial charge in [0, 0.05) is 32.1 Å². The highest BCUT2D eigenvalue weighted by atomic mass is 32.1. The molecule has 0 saturated heterocycles. The second-order valence-corrected chi connectivity index (χ2v) is 6.32. The first-order valence-electron chi connectivity index (χ1n) is 5.66. The van der Waals surface area contributed by atoms with Gasteiger partial charge in [0.25, 0.3) is 0 Å². The molecule has 16 heavy (non-hydrogen) atoms. The SMILES string of the molecule is CC(NCc1csc(N(C)C)n1)C(C)(C)C. The first-order chi connectivity index (χ1) is 7.30. The van der Waals surface area contributed by atoms with Crippen LogP contribution in [0, 0.1) is 5.41 Å². The molecule has 1 heterocycles. The standard InChI is InChI=1S/C12H23N3S/c1-9(12(2,3)4)13-7-10-8-16-11(14-10)15(5)6/h8-9,13H,7H2,1-6H3. The summed E-state index contributed by atoms with van der Waals surface area (Å²) in [6.45, 7) is 9.81. The number of anilines is 1. The van der Waals surface area contributed by atoms with Crippen molar-refractivity contribution in [1.82, 2.24) is 10.3 Å². The van der Waals surface area contributed by atoms with Gasteiger partial charge in [-0.05, 0) is 12.3 Å². The van der Waals surface area contributed by atoms with Gasteiger partial charge in [-0.1, -0.05) is 20.8 Å². The zero-order chi connectivity index (χ0) is 12.3. The zero-order valence-electron chi connectivity index (χ0n) is 11.2. The Labute approximate surface area is 103 Å². The molecule has 1 aromatic rings. The van der Waals surface area contributed by atoms with Gasteiger partial charge in [0.2, 0.25) is 0 Å². The molecule has 0 aromatic carbocycles. The average molecular weight is 241 g/mol. The molecule has 1 N–H and O–H groups in total. The quantitative estimate of drug-likeness (QED) is 0.878. The number of thiazole rings is 1. The minimum Gasteiger partial charge on any atom is -0.354 e. The van der Waals surface area contributed by atoms with E-state index in [-0.39, 0.29) is 0 Å². The lowest BCUT2D eigenvalue weighted by atomic mass is 9.88. The van der Waals surface area contributed by atoms with Crippen molar-refractivity contribution in [1.29, 1.82) is 0 Å². The van der Waals surface area contributed by atoms with Crippen molar-refractivity contribution in [3.63, 3.8) is 0 Å². The minimum atomic E-state index is 0.292. The molecule has 0 radical (unpaired) electrons. The molecular formula is C12H23N3S. The van der Waals surface area contributed by atoms with Crippen LogP contribution in [0.4, 0.5) is 5.13 Å². The predicted molar refractivity (Wildman–Crippen MR) is 72.2 cm³/mol. The molecule has 0 aliphatic carbocycles. The van der Waals surface area contributed by atoms with Crippen molar-refractivity contribution < 1.29 is 0 Å². The number of hydrogen-bond acceptors (Lipinski definition) is 4. The number of rotatable bonds is 4. The van der Waals surface area contributed by atoms with Gasteiger partial charge in [-0.2, -0.15) is 0 Å². The Morgan fingerprint density at radius 1 is 1.44 bits per heavy atom. The van der Waals surface area contributed by atoms with Crippen molar-refractivity contribution in [3.8, 4) is 0 Å². The number of nitrogens with one attached hydrogen (secondary N) is 1. The Kier molecular flexibility index (Phi) is 4.33. The van der Waals surface area contributed by atoms with Gasteiger partial charge in [0.05, 0.1) is 5.69 Å². The summed E-state index contributed by atoms with van der Waals surface area (Å²) >= 11 is 1.69. The van der Waals surface area contributed by atoms with Gasteiger partial charge < -0.3 is 10.2 Å². The molecule has 1 atom stereocenters. The van der Waals surface area contributed by atoms with Gasteiger partial charge >= 0.3 is 0 Å². The van der Waals surface area contributed by atoms with Crippen molar-refractivity contribution in [3.05, 3.63) is 11.1 Å². The number of nitrogens with zero attached hydrogens (tertiary/aromatic N) is 2. The van der Waals surface area contributed by atoms with Crippen LogP contribution in [0.5, 0.6) is 0 Å². The zero-order valence-corrected chi connectivity index (χ0v) is 12.0. The van der Waals surface area contributed by atoms with E-state index in [4.69, 9.17) is 0 Å². The normalized spacial score (nSPS) is 13.9. The Hall–Kier alpha value is -0.610. The summed E-state index contributed by atoms with van der Waals surface area (Å²) in [5, 5.41) is 6.71. The fourth-order valence-corrected chi connectivity index (χ4v) is 1.90. The Balaban J connectivity index is 2.49. The molecule has 0 bridgehead atoms. The van der Waals surface area contributed by atoms with E-state index in [0.717, 1.165) is 17.4 Å². The van der Waals surface area contributed by atoms with Crippen LogP contribution in [0.25, 0.3) is 0 Å². The molecule has 0 spiro atoms. The first kappa shape index (κ1) is 13.5. The van der Waals surface area contributed by atoms with E-state index < -0.39 is 0 Å². The molecule has 1 rings (SSSR count). The molecule has 3 nitrogen and oxygen atoms in total. The highest BCUT2D eigenvalue weighted by Crippen LogP contribution is 2.20. The molecule has 92 valence electrons. The Morgan fingerprint density at radius 3 is 2.50 bits per heavy atom. The van der Waals surface area contributed by atoms with Gasteiger partial charge in [-0.25, -0.2) is 4.98 Å². The van der Waals surface area contributed by atoms with Crippen molar-refractivity contribution in [2.24, 2.45) is 5.41 Å². The van der Waals surface area contributed by atoms with Crippen molar-refractivity contribution in [2.75, 3.05) is 19.0 Å². The predicted octanol–water partition coefficient (Wildman–Crippen LogP) is 2.73. The van der Waals surface area contributed by atoms with E-state index in [9.17, 15) is 0 Å². The smallest absolute Gasteiger partial charge is 0.185 e. The largest absolute Gasteiger partial charge is 0.354 e. The molecule has 0 fully saturated rings. The van der Waals surface area contributed by atoms with Crippen molar-refractivity contribution >= 4 is 16.5 Å². The second kappa shape index (κ2) is 5.15. The molecule has 1 aromatic heterocycles. The molecular weight excluding hydrogens is 218 g/mol. The van der Waals surface area contributed by atoms with Crippen LogP contribution in [0.3, 0.4) is 0 Å². The lowest BCUT2D eigenvalue weighted by Crippen LogP contribution is -2.37. The van der Waals surface area contributed by atoms with Gasteiger partial charge in [0.15, 0.2) is 5.13 Å². The highest BCUT2D eigenvalue weighted by molar-refractivity contribution is 7.13. The lowest BCUT2D eigenvalue weighted by Gasteiger charge is -2.27. The summed E-state index contributed by atoms with van der Waals surface area (Å²) in [5.74, 6) is 0. The first-order valence-corrected chi connectivity index (χ1v) is 6.54. The fraction of sp³-hybridized carbons (Fsp3) is 0.750. The van der Waals surface area contributed by atoms with Crippen LogP contribution in [0.15, 0.2) is 5.38 Å². The monoisotopic (exact) mass is 241 g/mol. The van der Waals surface area contributed by atoms with Gasteiger partial charge in [-0.3, -0.25) is 0 Å². The lowest BCUT2D eigenvalue weighted by molar-refractivity contribution is 0.284. The maximum Gasteiger partial charge on any atom is 0.185 e. The molecule has 0 aliphatic rings. The highest BCUT2D eigenvalue weighted by Gasteiger charge is 2.19. The van der Waals surface area contributed by atoms with Crippen LogP contribution in [-0.2, 0) is 6.54 Å². The third-order valence-corrected chi connectivity index (χ3v) is 3.87. The third kappa shape index (κ3) is 3.76. The number of hydrogen-bond donors (Lipinski definition) is 1. The topological polar surface area (TPSA) is 28.2 Å². The summed E-state index contributed by atoms with van der Waals surface area (Å²) in [7, 11) is 4.04. The van der Waals surface area contributed by atoms with Crippen LogP contribution in [-0.4, -0.2) is 25.1 Å². The molecule has 0 aliphatic heterocycles. The summed E-state index contributed by atoms with van der Waals surface area (Å²) in [6, 6.07) is 0.483. The Bertz CT molecular complexity index is 325. The van der Waals surface area contributed by atoms with Crippen LogP contribution < -0.4 is 10.2 Å². The minimum absolute atomic E-state index is 0.292. The van der Waals surface area contributed by atoms with Gasteiger partial charge in [0.1, 0.15) is 0 Å². The van der Waals surface area contributed by atoms with Crippen molar-refractivity contribution in [2.45, 2.75) is 40.3 Å². The molecule has 4 heteroatoms. The summed E-state index contributed by atoms with van der Waals surface area (Å²) in [5.41, 5.74) is 1.42. The summed E-state index contributed by atoms with van der Waals surface area (Å²) < 4.78 is 0. The number of aromatic nitrogens is 1. The van der Waals surface area contributed by atoms with E-state index in [2.05, 4.69) is 43.4 Å². The van der Waals surface area contributed by atoms with E-state index in [0.29, 0.717) is 11.5 Å². The summed E-state index contributed by atoms with van der Waals surface area (Å²) in [6.07, 6.45) is 0. The van der Waals surface area contributed by atoms with E-state index in [1.54, 1.807) is 11.3 Å². The van der Waals surface area contributed by atoms with E-state index >= 15 is 0 Å². The molecule has 0 amide bonds. The van der Waals surface area contributed by atoms with Crippen LogP contribution in [0.1, 0.15) is 33.4 Å². The molecule has 1 unspecified atom stereocenters. The van der Waals surface area contributed by atoms with Crippen LogP contribution >= 0.6 is 11.3 Å². The maximum absolute atomic E-state index is 4.55. The summed E-state index contributed by atoms with van der Waals surface area (Å²) in [4.78, 5) is 6.59. The van der Waals surface area contributed by atoms with E-state index in [1.165, 1.54) is 0 Å².